The molecule has 3 N–H and O–H groups in total. The number of ether oxygens (including phenoxy) is 1. The summed E-state index contributed by atoms with van der Waals surface area (Å²) in [4.78, 5) is 17.6. The van der Waals surface area contributed by atoms with E-state index >= 15 is 0 Å². The number of hydrogen-bond donors (Lipinski definition) is 3. The predicted octanol–water partition coefficient (Wildman–Crippen LogP) is 3.28. The van der Waals surface area contributed by atoms with E-state index in [0.717, 1.165) is 37.5 Å². The molecule has 1 heterocycles. The van der Waals surface area contributed by atoms with Crippen LogP contribution in [-0.4, -0.2) is 31.1 Å². The highest BCUT2D eigenvalue weighted by Crippen LogP contribution is 2.18. The molecule has 3 rings (SSSR count). The molecular formula is C20H27IN4O2S. The molecule has 1 aliphatic carbocycles. The molecule has 0 saturated heterocycles. The van der Waals surface area contributed by atoms with Gasteiger partial charge in [0.1, 0.15) is 5.75 Å². The van der Waals surface area contributed by atoms with Crippen molar-refractivity contribution in [2.75, 3.05) is 13.2 Å². The summed E-state index contributed by atoms with van der Waals surface area (Å²) < 4.78 is 5.60. The SMILES string of the molecule is CCNC(=NCc1cccc(OCC(=O)NC2CC2)c1)NCc1cccs1.I. The van der Waals surface area contributed by atoms with Crippen molar-refractivity contribution in [3.05, 3.63) is 52.2 Å². The lowest BCUT2D eigenvalue weighted by Gasteiger charge is -2.11. The van der Waals surface area contributed by atoms with Gasteiger partial charge in [0.05, 0.1) is 13.1 Å². The number of carbonyl (C=O) groups excluding carboxylic acids is 1. The zero-order chi connectivity index (χ0) is 18.9. The topological polar surface area (TPSA) is 74.8 Å². The lowest BCUT2D eigenvalue weighted by molar-refractivity contribution is -0.123. The van der Waals surface area contributed by atoms with Crippen LogP contribution in [0.3, 0.4) is 0 Å². The summed E-state index contributed by atoms with van der Waals surface area (Å²) in [6.45, 7) is 4.18. The molecule has 6 nitrogen and oxygen atoms in total. The van der Waals surface area contributed by atoms with E-state index in [1.165, 1.54) is 4.88 Å². The minimum atomic E-state index is -0.0619. The van der Waals surface area contributed by atoms with Gasteiger partial charge in [-0.2, -0.15) is 0 Å². The molecule has 0 spiro atoms. The van der Waals surface area contributed by atoms with Gasteiger partial charge in [-0.15, -0.1) is 35.3 Å². The number of nitrogens with one attached hydrogen (secondary N) is 3. The van der Waals surface area contributed by atoms with Crippen LogP contribution in [0.5, 0.6) is 5.75 Å². The number of benzene rings is 1. The molecule has 2 aromatic rings. The van der Waals surface area contributed by atoms with E-state index in [1.807, 2.05) is 37.3 Å². The maximum Gasteiger partial charge on any atom is 0.258 e. The Labute approximate surface area is 187 Å². The number of thiophene rings is 1. The van der Waals surface area contributed by atoms with Crippen LogP contribution in [0.15, 0.2) is 46.8 Å². The molecule has 1 aliphatic rings. The van der Waals surface area contributed by atoms with Gasteiger partial charge in [0, 0.05) is 17.5 Å². The molecule has 1 fully saturated rings. The van der Waals surface area contributed by atoms with Crippen molar-refractivity contribution in [3.63, 3.8) is 0 Å². The minimum Gasteiger partial charge on any atom is -0.484 e. The third kappa shape index (κ3) is 8.05. The maximum atomic E-state index is 11.7. The molecule has 0 aliphatic heterocycles. The van der Waals surface area contributed by atoms with Crippen molar-refractivity contribution in [2.24, 2.45) is 4.99 Å². The summed E-state index contributed by atoms with van der Waals surface area (Å²) in [6, 6.07) is 12.2. The second-order valence-corrected chi connectivity index (χ2v) is 7.44. The zero-order valence-electron chi connectivity index (χ0n) is 15.9. The Bertz CT molecular complexity index is 763. The molecule has 1 aromatic carbocycles. The van der Waals surface area contributed by atoms with E-state index in [2.05, 4.69) is 32.4 Å². The number of aliphatic imine (C=N–C) groups is 1. The van der Waals surface area contributed by atoms with Crippen molar-refractivity contribution in [2.45, 2.75) is 38.9 Å². The van der Waals surface area contributed by atoms with E-state index in [-0.39, 0.29) is 36.5 Å². The van der Waals surface area contributed by atoms with Gasteiger partial charge in [0.2, 0.25) is 0 Å². The van der Waals surface area contributed by atoms with Crippen molar-refractivity contribution in [1.29, 1.82) is 0 Å². The van der Waals surface area contributed by atoms with Crippen LogP contribution in [0.25, 0.3) is 0 Å². The van der Waals surface area contributed by atoms with Crippen LogP contribution in [0.2, 0.25) is 0 Å². The first-order valence-electron chi connectivity index (χ1n) is 9.28. The highest BCUT2D eigenvalue weighted by atomic mass is 127. The molecule has 0 radical (unpaired) electrons. The van der Waals surface area contributed by atoms with Gasteiger partial charge in [-0.1, -0.05) is 18.2 Å². The predicted molar refractivity (Wildman–Crippen MR) is 124 cm³/mol. The highest BCUT2D eigenvalue weighted by Gasteiger charge is 2.23. The van der Waals surface area contributed by atoms with Crippen LogP contribution in [0.4, 0.5) is 0 Å². The van der Waals surface area contributed by atoms with Gasteiger partial charge in [-0.3, -0.25) is 4.79 Å². The number of carbonyl (C=O) groups is 1. The Hall–Kier alpha value is -1.81. The van der Waals surface area contributed by atoms with Crippen LogP contribution < -0.4 is 20.7 Å². The fraction of sp³-hybridized carbons (Fsp3) is 0.400. The molecule has 8 heteroatoms. The van der Waals surface area contributed by atoms with Crippen LogP contribution in [-0.2, 0) is 17.9 Å². The summed E-state index contributed by atoms with van der Waals surface area (Å²) in [6.07, 6.45) is 2.15. The lowest BCUT2D eigenvalue weighted by atomic mass is 10.2. The average Bonchev–Trinajstić information content (AvgIpc) is 3.33. The zero-order valence-corrected chi connectivity index (χ0v) is 19.1. The molecule has 1 aromatic heterocycles. The number of hydrogen-bond acceptors (Lipinski definition) is 4. The third-order valence-electron chi connectivity index (χ3n) is 3.98. The number of amides is 1. The number of guanidine groups is 1. The first-order chi connectivity index (χ1) is 13.2. The minimum absolute atomic E-state index is 0. The van der Waals surface area contributed by atoms with E-state index in [1.54, 1.807) is 11.3 Å². The van der Waals surface area contributed by atoms with Crippen LogP contribution in [0.1, 0.15) is 30.2 Å². The smallest absolute Gasteiger partial charge is 0.258 e. The van der Waals surface area contributed by atoms with Crippen molar-refractivity contribution in [3.8, 4) is 5.75 Å². The number of rotatable bonds is 9. The second-order valence-electron chi connectivity index (χ2n) is 6.41. The number of nitrogens with zero attached hydrogens (tertiary/aromatic N) is 1. The molecule has 28 heavy (non-hydrogen) atoms. The number of halogens is 1. The molecule has 152 valence electrons. The van der Waals surface area contributed by atoms with Gasteiger partial charge in [-0.05, 0) is 48.9 Å². The Morgan fingerprint density at radius 1 is 1.25 bits per heavy atom. The van der Waals surface area contributed by atoms with E-state index < -0.39 is 0 Å². The second kappa shape index (κ2) is 11.9. The van der Waals surface area contributed by atoms with Gasteiger partial charge in [-0.25, -0.2) is 4.99 Å². The van der Waals surface area contributed by atoms with E-state index in [9.17, 15) is 4.79 Å². The molecule has 0 atom stereocenters. The third-order valence-corrected chi connectivity index (χ3v) is 4.86. The first-order valence-corrected chi connectivity index (χ1v) is 10.2. The fourth-order valence-corrected chi connectivity index (χ4v) is 3.12. The Morgan fingerprint density at radius 2 is 2.11 bits per heavy atom. The van der Waals surface area contributed by atoms with Crippen molar-refractivity contribution >= 4 is 47.2 Å². The molecule has 1 amide bonds. The first kappa shape index (κ1) is 22.5. The van der Waals surface area contributed by atoms with Gasteiger partial charge in [0.25, 0.3) is 5.91 Å². The standard InChI is InChI=1S/C20H26N4O2S.HI/c1-2-21-20(23-13-18-7-4-10-27-18)22-12-15-5-3-6-17(11-15)26-14-19(25)24-16-8-9-16;/h3-7,10-11,16H,2,8-9,12-14H2,1H3,(H,24,25)(H2,21,22,23);1H. The summed E-state index contributed by atoms with van der Waals surface area (Å²) in [5.74, 6) is 1.40. The Balaban J connectivity index is 0.00000280. The van der Waals surface area contributed by atoms with Gasteiger partial charge < -0.3 is 20.7 Å². The summed E-state index contributed by atoms with van der Waals surface area (Å²) in [5.41, 5.74) is 1.03. The molecule has 1 saturated carbocycles. The molecule has 0 unspecified atom stereocenters. The van der Waals surface area contributed by atoms with Crippen LogP contribution >= 0.6 is 35.3 Å². The highest BCUT2D eigenvalue weighted by molar-refractivity contribution is 14.0. The van der Waals surface area contributed by atoms with Crippen molar-refractivity contribution in [1.82, 2.24) is 16.0 Å². The largest absolute Gasteiger partial charge is 0.484 e. The fourth-order valence-electron chi connectivity index (χ4n) is 2.48. The molecular weight excluding hydrogens is 487 g/mol. The summed E-state index contributed by atoms with van der Waals surface area (Å²) in [7, 11) is 0. The van der Waals surface area contributed by atoms with E-state index in [4.69, 9.17) is 4.74 Å². The quantitative estimate of drug-likeness (QED) is 0.273. The molecule has 0 bridgehead atoms. The van der Waals surface area contributed by atoms with E-state index in [0.29, 0.717) is 18.3 Å². The normalized spacial score (nSPS) is 13.4. The maximum absolute atomic E-state index is 11.7. The average molecular weight is 514 g/mol. The van der Waals surface area contributed by atoms with Crippen LogP contribution in [0, 0.1) is 0 Å². The van der Waals surface area contributed by atoms with Gasteiger partial charge >= 0.3 is 0 Å². The van der Waals surface area contributed by atoms with Crippen molar-refractivity contribution < 1.29 is 9.53 Å². The Kier molecular flexibility index (Phi) is 9.56. The summed E-state index contributed by atoms with van der Waals surface area (Å²) in [5, 5.41) is 11.6. The summed E-state index contributed by atoms with van der Waals surface area (Å²) >= 11 is 1.72. The lowest BCUT2D eigenvalue weighted by Crippen LogP contribution is -2.36. The Morgan fingerprint density at radius 3 is 2.82 bits per heavy atom. The van der Waals surface area contributed by atoms with Gasteiger partial charge in [0.15, 0.2) is 12.6 Å². The monoisotopic (exact) mass is 514 g/mol.